The Labute approximate surface area is 183 Å². The Balaban J connectivity index is 1.65. The van der Waals surface area contributed by atoms with Crippen LogP contribution in [0.15, 0.2) is 78.9 Å². The molecule has 0 amide bonds. The van der Waals surface area contributed by atoms with E-state index in [1.54, 1.807) is 14.2 Å². The lowest BCUT2D eigenvalue weighted by Crippen LogP contribution is -2.15. The molecule has 2 aromatic heterocycles. The minimum Gasteiger partial charge on any atom is -0.493 e. The van der Waals surface area contributed by atoms with Crippen molar-refractivity contribution in [1.29, 1.82) is 0 Å². The molecule has 0 N–H and O–H groups in total. The van der Waals surface area contributed by atoms with E-state index in [1.807, 2.05) is 34.8 Å². The molecule has 0 aliphatic heterocycles. The maximum atomic E-state index is 5.71. The molecule has 0 atom stereocenters. The third kappa shape index (κ3) is 3.40. The first-order chi connectivity index (χ1) is 14.8. The summed E-state index contributed by atoms with van der Waals surface area (Å²) in [5.74, 6) is 1.54. The van der Waals surface area contributed by atoms with Crippen molar-refractivity contribution in [3.05, 3.63) is 84.4 Å². The van der Waals surface area contributed by atoms with Crippen molar-refractivity contribution in [2.45, 2.75) is 6.54 Å². The standard InChI is InChI=1S/C25H21NO2S2/c1-27-20-11-7-10-19(25(20)28-2)16-26(23-14-17-8-3-5-12-21(17)29-23)24-15-18-9-4-6-13-22(18)30-24/h3-15H,16H2,1-2H3. The largest absolute Gasteiger partial charge is 0.493 e. The topological polar surface area (TPSA) is 21.7 Å². The van der Waals surface area contributed by atoms with Crippen molar-refractivity contribution >= 4 is 52.8 Å². The van der Waals surface area contributed by atoms with Gasteiger partial charge in [-0.1, -0.05) is 48.5 Å². The predicted molar refractivity (Wildman–Crippen MR) is 129 cm³/mol. The minimum absolute atomic E-state index is 0.694. The normalized spacial score (nSPS) is 11.1. The number of anilines is 2. The lowest BCUT2D eigenvalue weighted by atomic mass is 10.1. The van der Waals surface area contributed by atoms with Gasteiger partial charge in [0, 0.05) is 15.0 Å². The Morgan fingerprint density at radius 1 is 0.700 bits per heavy atom. The van der Waals surface area contributed by atoms with Crippen LogP contribution in [0.4, 0.5) is 10.0 Å². The van der Waals surface area contributed by atoms with Crippen LogP contribution in [-0.2, 0) is 6.54 Å². The molecule has 5 heteroatoms. The van der Waals surface area contributed by atoms with E-state index in [9.17, 15) is 0 Å². The molecule has 5 aromatic rings. The molecule has 3 nitrogen and oxygen atoms in total. The first kappa shape index (κ1) is 19.0. The van der Waals surface area contributed by atoms with Crippen LogP contribution in [0.3, 0.4) is 0 Å². The number of ether oxygens (including phenoxy) is 2. The fourth-order valence-electron chi connectivity index (χ4n) is 3.71. The number of fused-ring (bicyclic) bond motifs is 2. The molecule has 0 saturated carbocycles. The van der Waals surface area contributed by atoms with Crippen LogP contribution in [0, 0.1) is 0 Å². The molecular weight excluding hydrogens is 410 g/mol. The van der Waals surface area contributed by atoms with Crippen LogP contribution in [0.5, 0.6) is 11.5 Å². The molecule has 0 spiro atoms. The van der Waals surface area contributed by atoms with Gasteiger partial charge in [0.15, 0.2) is 11.5 Å². The summed E-state index contributed by atoms with van der Waals surface area (Å²) in [7, 11) is 3.38. The number of methoxy groups -OCH3 is 2. The Hall–Kier alpha value is -3.02. The van der Waals surface area contributed by atoms with Crippen LogP contribution in [-0.4, -0.2) is 14.2 Å². The average Bonchev–Trinajstić information content (AvgIpc) is 3.41. The number of hydrogen-bond donors (Lipinski definition) is 0. The van der Waals surface area contributed by atoms with Crippen molar-refractivity contribution in [3.63, 3.8) is 0 Å². The molecule has 0 saturated heterocycles. The Kier molecular flexibility index (Phi) is 5.07. The first-order valence-corrected chi connectivity index (χ1v) is 11.3. The van der Waals surface area contributed by atoms with Crippen molar-refractivity contribution < 1.29 is 9.47 Å². The van der Waals surface area contributed by atoms with E-state index in [0.29, 0.717) is 6.54 Å². The summed E-state index contributed by atoms with van der Waals surface area (Å²) in [5.41, 5.74) is 1.09. The van der Waals surface area contributed by atoms with Crippen molar-refractivity contribution in [1.82, 2.24) is 0 Å². The minimum atomic E-state index is 0.694. The van der Waals surface area contributed by atoms with Gasteiger partial charge in [0.1, 0.15) is 0 Å². The van der Waals surface area contributed by atoms with Crippen LogP contribution in [0.2, 0.25) is 0 Å². The molecule has 0 fully saturated rings. The molecule has 3 aromatic carbocycles. The molecular formula is C25H21NO2S2. The van der Waals surface area contributed by atoms with E-state index in [2.05, 4.69) is 71.6 Å². The SMILES string of the molecule is COc1cccc(CN(c2cc3ccccc3s2)c2cc3ccccc3s2)c1OC. The maximum absolute atomic E-state index is 5.71. The average molecular weight is 432 g/mol. The van der Waals surface area contributed by atoms with Gasteiger partial charge in [-0.2, -0.15) is 0 Å². The van der Waals surface area contributed by atoms with Gasteiger partial charge in [0.2, 0.25) is 0 Å². The summed E-state index contributed by atoms with van der Waals surface area (Å²) in [6.07, 6.45) is 0. The van der Waals surface area contributed by atoms with Crippen molar-refractivity contribution in [2.75, 3.05) is 19.1 Å². The molecule has 0 aliphatic carbocycles. The Morgan fingerprint density at radius 3 is 1.83 bits per heavy atom. The van der Waals surface area contributed by atoms with E-state index >= 15 is 0 Å². The third-order valence-corrected chi connectivity index (χ3v) is 7.45. The van der Waals surface area contributed by atoms with Crippen LogP contribution >= 0.6 is 22.7 Å². The fourth-order valence-corrected chi connectivity index (χ4v) is 5.92. The highest BCUT2D eigenvalue weighted by molar-refractivity contribution is 7.25. The summed E-state index contributed by atoms with van der Waals surface area (Å²) in [6, 6.07) is 27.7. The molecule has 0 aliphatic rings. The summed E-state index contributed by atoms with van der Waals surface area (Å²) in [4.78, 5) is 2.38. The van der Waals surface area contributed by atoms with Gasteiger partial charge in [-0.05, 0) is 41.1 Å². The Morgan fingerprint density at radius 2 is 1.30 bits per heavy atom. The lowest BCUT2D eigenvalue weighted by Gasteiger charge is -2.23. The quantitative estimate of drug-likeness (QED) is 0.278. The van der Waals surface area contributed by atoms with E-state index < -0.39 is 0 Å². The first-order valence-electron chi connectivity index (χ1n) is 9.71. The molecule has 2 heterocycles. The van der Waals surface area contributed by atoms with Crippen molar-refractivity contribution in [2.24, 2.45) is 0 Å². The lowest BCUT2D eigenvalue weighted by molar-refractivity contribution is 0.352. The zero-order valence-corrected chi connectivity index (χ0v) is 18.4. The highest BCUT2D eigenvalue weighted by Crippen LogP contribution is 2.43. The number of nitrogens with zero attached hydrogens (tertiary/aromatic N) is 1. The summed E-state index contributed by atoms with van der Waals surface area (Å²) >= 11 is 3.63. The van der Waals surface area contributed by atoms with Crippen LogP contribution in [0.1, 0.15) is 5.56 Å². The number of para-hydroxylation sites is 1. The molecule has 150 valence electrons. The maximum Gasteiger partial charge on any atom is 0.165 e. The molecule has 30 heavy (non-hydrogen) atoms. The second kappa shape index (κ2) is 8.01. The Bertz CT molecular complexity index is 1180. The van der Waals surface area contributed by atoms with Gasteiger partial charge in [0.05, 0.1) is 30.8 Å². The fraction of sp³-hybridized carbons (Fsp3) is 0.120. The monoisotopic (exact) mass is 431 g/mol. The van der Waals surface area contributed by atoms with Gasteiger partial charge in [-0.3, -0.25) is 0 Å². The van der Waals surface area contributed by atoms with E-state index in [-0.39, 0.29) is 0 Å². The molecule has 5 rings (SSSR count). The molecule has 0 unspecified atom stereocenters. The van der Waals surface area contributed by atoms with E-state index in [1.165, 1.54) is 30.2 Å². The second-order valence-electron chi connectivity index (χ2n) is 6.98. The second-order valence-corrected chi connectivity index (χ2v) is 9.11. The zero-order chi connectivity index (χ0) is 20.5. The summed E-state index contributed by atoms with van der Waals surface area (Å²) < 4.78 is 13.8. The highest BCUT2D eigenvalue weighted by Gasteiger charge is 2.19. The van der Waals surface area contributed by atoms with Crippen LogP contribution < -0.4 is 14.4 Å². The van der Waals surface area contributed by atoms with Gasteiger partial charge in [-0.15, -0.1) is 22.7 Å². The highest BCUT2D eigenvalue weighted by atomic mass is 32.1. The predicted octanol–water partition coefficient (Wildman–Crippen LogP) is 7.47. The molecule has 0 bridgehead atoms. The third-order valence-electron chi connectivity index (χ3n) is 5.17. The van der Waals surface area contributed by atoms with Gasteiger partial charge < -0.3 is 14.4 Å². The van der Waals surface area contributed by atoms with Crippen molar-refractivity contribution in [3.8, 4) is 11.5 Å². The number of hydrogen-bond acceptors (Lipinski definition) is 5. The summed E-state index contributed by atoms with van der Waals surface area (Å²) in [6.45, 7) is 0.694. The van der Waals surface area contributed by atoms with Crippen LogP contribution in [0.25, 0.3) is 20.2 Å². The van der Waals surface area contributed by atoms with E-state index in [0.717, 1.165) is 17.1 Å². The van der Waals surface area contributed by atoms with Gasteiger partial charge in [0.25, 0.3) is 0 Å². The number of thiophene rings is 2. The zero-order valence-electron chi connectivity index (χ0n) is 16.8. The van der Waals surface area contributed by atoms with Gasteiger partial charge in [-0.25, -0.2) is 0 Å². The number of benzene rings is 3. The van der Waals surface area contributed by atoms with E-state index in [4.69, 9.17) is 9.47 Å². The number of rotatable bonds is 6. The summed E-state index contributed by atoms with van der Waals surface area (Å²) in [5, 5.41) is 4.96. The molecule has 0 radical (unpaired) electrons. The van der Waals surface area contributed by atoms with Gasteiger partial charge >= 0.3 is 0 Å². The smallest absolute Gasteiger partial charge is 0.165 e.